The van der Waals surface area contributed by atoms with E-state index in [-0.39, 0.29) is 0 Å². The monoisotopic (exact) mass is 255 g/mol. The number of ether oxygens (including phenoxy) is 1. The van der Waals surface area contributed by atoms with Gasteiger partial charge in [0.1, 0.15) is 0 Å². The first-order valence-electron chi connectivity index (χ1n) is 7.23. The molecule has 2 atom stereocenters. The molecule has 0 saturated carbocycles. The number of carboxylic acids is 1. The molecule has 1 N–H and O–H groups in total. The molecule has 2 saturated heterocycles. The van der Waals surface area contributed by atoms with E-state index in [4.69, 9.17) is 9.84 Å². The summed E-state index contributed by atoms with van der Waals surface area (Å²) in [6.07, 6.45) is 6.72. The number of rotatable bonds is 5. The highest BCUT2D eigenvalue weighted by Crippen LogP contribution is 2.25. The van der Waals surface area contributed by atoms with Crippen molar-refractivity contribution >= 4 is 5.97 Å². The van der Waals surface area contributed by atoms with Crippen molar-refractivity contribution in [3.8, 4) is 0 Å². The Morgan fingerprint density at radius 2 is 2.00 bits per heavy atom. The van der Waals surface area contributed by atoms with Crippen LogP contribution in [-0.4, -0.2) is 47.8 Å². The van der Waals surface area contributed by atoms with Gasteiger partial charge in [0, 0.05) is 13.0 Å². The highest BCUT2D eigenvalue weighted by Gasteiger charge is 2.26. The molecule has 2 rings (SSSR count). The maximum Gasteiger partial charge on any atom is 0.303 e. The molecular weight excluding hydrogens is 230 g/mol. The Morgan fingerprint density at radius 3 is 2.56 bits per heavy atom. The lowest BCUT2D eigenvalue weighted by molar-refractivity contribution is -0.137. The molecule has 2 heterocycles. The zero-order valence-electron chi connectivity index (χ0n) is 11.3. The molecule has 2 fully saturated rings. The van der Waals surface area contributed by atoms with Gasteiger partial charge < -0.3 is 14.7 Å². The summed E-state index contributed by atoms with van der Waals surface area (Å²) in [6.45, 7) is 5.44. The highest BCUT2D eigenvalue weighted by molar-refractivity contribution is 5.66. The molecule has 0 spiro atoms. The van der Waals surface area contributed by atoms with E-state index in [9.17, 15) is 4.79 Å². The number of piperidine rings is 1. The van der Waals surface area contributed by atoms with Crippen LogP contribution < -0.4 is 0 Å². The molecule has 2 aliphatic heterocycles. The van der Waals surface area contributed by atoms with E-state index >= 15 is 0 Å². The summed E-state index contributed by atoms with van der Waals surface area (Å²) < 4.78 is 5.85. The first-order valence-corrected chi connectivity index (χ1v) is 7.23. The molecular formula is C14H25NO3. The summed E-state index contributed by atoms with van der Waals surface area (Å²) in [6, 6.07) is 0. The van der Waals surface area contributed by atoms with Gasteiger partial charge in [-0.25, -0.2) is 0 Å². The molecule has 0 bridgehead atoms. The molecule has 0 aromatic rings. The van der Waals surface area contributed by atoms with Crippen LogP contribution in [0.4, 0.5) is 0 Å². The van der Waals surface area contributed by atoms with Crippen molar-refractivity contribution in [3.63, 3.8) is 0 Å². The average molecular weight is 255 g/mol. The Labute approximate surface area is 109 Å². The fourth-order valence-electron chi connectivity index (χ4n) is 3.09. The third-order valence-corrected chi connectivity index (χ3v) is 4.26. The molecule has 2 unspecified atom stereocenters. The van der Waals surface area contributed by atoms with Crippen LogP contribution in [-0.2, 0) is 9.53 Å². The smallest absolute Gasteiger partial charge is 0.303 e. The highest BCUT2D eigenvalue weighted by atomic mass is 16.5. The minimum atomic E-state index is -0.661. The summed E-state index contributed by atoms with van der Waals surface area (Å²) in [5, 5.41) is 8.68. The third kappa shape index (κ3) is 4.25. The lowest BCUT2D eigenvalue weighted by Gasteiger charge is -2.33. The first kappa shape index (κ1) is 13.8. The molecule has 0 amide bonds. The molecule has 0 aromatic heterocycles. The van der Waals surface area contributed by atoms with E-state index < -0.39 is 5.97 Å². The van der Waals surface area contributed by atoms with E-state index in [0.717, 1.165) is 38.9 Å². The van der Waals surface area contributed by atoms with Crippen molar-refractivity contribution in [1.29, 1.82) is 0 Å². The number of nitrogens with zero attached hydrogens (tertiary/aromatic N) is 1. The predicted molar refractivity (Wildman–Crippen MR) is 69.6 cm³/mol. The molecule has 2 aliphatic rings. The number of carbonyl (C=O) groups is 1. The molecule has 0 aromatic carbocycles. The normalized spacial score (nSPS) is 30.7. The van der Waals surface area contributed by atoms with Crippen LogP contribution >= 0.6 is 0 Å². The van der Waals surface area contributed by atoms with Gasteiger partial charge in [0.05, 0.1) is 12.2 Å². The van der Waals surface area contributed by atoms with Crippen LogP contribution in [0.2, 0.25) is 0 Å². The lowest BCUT2D eigenvalue weighted by atomic mass is 9.92. The number of carboxylic acid groups (broad SMARTS) is 1. The SMILES string of the molecule is CC1CCC(CN2CCC(CCC(=O)O)CC2)O1. The lowest BCUT2D eigenvalue weighted by Crippen LogP contribution is -2.39. The quantitative estimate of drug-likeness (QED) is 0.817. The topological polar surface area (TPSA) is 49.8 Å². The predicted octanol–water partition coefficient (Wildman–Crippen LogP) is 2.13. The van der Waals surface area contributed by atoms with Gasteiger partial charge in [-0.2, -0.15) is 0 Å². The zero-order chi connectivity index (χ0) is 13.0. The average Bonchev–Trinajstić information content (AvgIpc) is 2.74. The maximum absolute atomic E-state index is 10.5. The summed E-state index contributed by atoms with van der Waals surface area (Å²) in [4.78, 5) is 13.0. The van der Waals surface area contributed by atoms with Crippen LogP contribution in [0, 0.1) is 5.92 Å². The number of hydrogen-bond donors (Lipinski definition) is 1. The number of likely N-dealkylation sites (tertiary alicyclic amines) is 1. The van der Waals surface area contributed by atoms with Gasteiger partial charge in [0.25, 0.3) is 0 Å². The standard InChI is InChI=1S/C14H25NO3/c1-11-2-4-13(18-11)10-15-8-6-12(7-9-15)3-5-14(16)17/h11-13H,2-10H2,1H3,(H,16,17). The molecule has 4 nitrogen and oxygen atoms in total. The van der Waals surface area contributed by atoms with E-state index in [1.165, 1.54) is 12.8 Å². The Balaban J connectivity index is 1.62. The fourth-order valence-corrected chi connectivity index (χ4v) is 3.09. The summed E-state index contributed by atoms with van der Waals surface area (Å²) in [7, 11) is 0. The van der Waals surface area contributed by atoms with Gasteiger partial charge in [-0.1, -0.05) is 0 Å². The molecule has 104 valence electrons. The van der Waals surface area contributed by atoms with E-state index in [1.807, 2.05) is 0 Å². The van der Waals surface area contributed by atoms with Crippen LogP contribution in [0.15, 0.2) is 0 Å². The Hall–Kier alpha value is -0.610. The Morgan fingerprint density at radius 1 is 1.28 bits per heavy atom. The molecule has 0 aliphatic carbocycles. The van der Waals surface area contributed by atoms with Crippen molar-refractivity contribution in [2.24, 2.45) is 5.92 Å². The van der Waals surface area contributed by atoms with Crippen molar-refractivity contribution in [1.82, 2.24) is 4.90 Å². The second-order valence-electron chi connectivity index (χ2n) is 5.82. The fraction of sp³-hybridized carbons (Fsp3) is 0.929. The van der Waals surface area contributed by atoms with Gasteiger partial charge in [0.15, 0.2) is 0 Å². The second kappa shape index (κ2) is 6.53. The molecule has 0 radical (unpaired) electrons. The van der Waals surface area contributed by atoms with Crippen molar-refractivity contribution < 1.29 is 14.6 Å². The summed E-state index contributed by atoms with van der Waals surface area (Å²) in [5.41, 5.74) is 0. The van der Waals surface area contributed by atoms with Crippen molar-refractivity contribution in [2.45, 2.75) is 57.7 Å². The van der Waals surface area contributed by atoms with Crippen LogP contribution in [0.3, 0.4) is 0 Å². The largest absolute Gasteiger partial charge is 0.481 e. The molecule has 18 heavy (non-hydrogen) atoms. The van der Waals surface area contributed by atoms with Gasteiger partial charge >= 0.3 is 5.97 Å². The Kier molecular flexibility index (Phi) is 5.01. The summed E-state index contributed by atoms with van der Waals surface area (Å²) in [5.74, 6) is -0.0495. The second-order valence-corrected chi connectivity index (χ2v) is 5.82. The Bertz CT molecular complexity index is 274. The minimum Gasteiger partial charge on any atom is -0.481 e. The van der Waals surface area contributed by atoms with E-state index in [0.29, 0.717) is 24.5 Å². The van der Waals surface area contributed by atoms with Crippen LogP contribution in [0.25, 0.3) is 0 Å². The van der Waals surface area contributed by atoms with Gasteiger partial charge in [-0.05, 0) is 58.0 Å². The van der Waals surface area contributed by atoms with Gasteiger partial charge in [-0.3, -0.25) is 4.79 Å². The number of aliphatic carboxylic acids is 1. The van der Waals surface area contributed by atoms with E-state index in [1.54, 1.807) is 0 Å². The van der Waals surface area contributed by atoms with Gasteiger partial charge in [0.2, 0.25) is 0 Å². The zero-order valence-corrected chi connectivity index (χ0v) is 11.3. The van der Waals surface area contributed by atoms with Crippen LogP contribution in [0.5, 0.6) is 0 Å². The molecule has 4 heteroatoms. The maximum atomic E-state index is 10.5. The summed E-state index contributed by atoms with van der Waals surface area (Å²) >= 11 is 0. The number of hydrogen-bond acceptors (Lipinski definition) is 3. The minimum absolute atomic E-state index is 0.327. The first-order chi connectivity index (χ1) is 8.63. The van der Waals surface area contributed by atoms with Crippen molar-refractivity contribution in [2.75, 3.05) is 19.6 Å². The van der Waals surface area contributed by atoms with Crippen LogP contribution in [0.1, 0.15) is 45.4 Å². The third-order valence-electron chi connectivity index (χ3n) is 4.26. The van der Waals surface area contributed by atoms with Gasteiger partial charge in [-0.15, -0.1) is 0 Å². The van der Waals surface area contributed by atoms with E-state index in [2.05, 4.69) is 11.8 Å². The van der Waals surface area contributed by atoms with Crippen molar-refractivity contribution in [3.05, 3.63) is 0 Å².